The fraction of sp³-hybridized carbons (Fsp3) is 0.296. The van der Waals surface area contributed by atoms with Gasteiger partial charge < -0.3 is 14.8 Å². The molecule has 37 heavy (non-hydrogen) atoms. The molecule has 0 saturated heterocycles. The number of amides is 1. The zero-order valence-corrected chi connectivity index (χ0v) is 21.1. The molecule has 0 radical (unpaired) electrons. The molecule has 0 aliphatic carbocycles. The number of hydrogen-bond acceptors (Lipinski definition) is 7. The first-order chi connectivity index (χ1) is 17.5. The lowest BCUT2D eigenvalue weighted by Gasteiger charge is -2.23. The first kappa shape index (κ1) is 27.1. The number of esters is 1. The molecule has 1 amide bonds. The highest BCUT2D eigenvalue weighted by Crippen LogP contribution is 2.09. The Labute approximate surface area is 213 Å². The van der Waals surface area contributed by atoms with E-state index in [1.165, 1.54) is 25.3 Å². The zero-order chi connectivity index (χ0) is 27.2. The predicted molar refractivity (Wildman–Crippen MR) is 135 cm³/mol. The van der Waals surface area contributed by atoms with E-state index in [9.17, 15) is 24.0 Å². The highest BCUT2D eigenvalue weighted by atomic mass is 16.6. The van der Waals surface area contributed by atoms with Crippen LogP contribution >= 0.6 is 0 Å². The zero-order valence-electron chi connectivity index (χ0n) is 21.1. The highest BCUT2D eigenvalue weighted by molar-refractivity contribution is 5.95. The summed E-state index contributed by atoms with van der Waals surface area (Å²) in [6.45, 7) is 5.95. The molecule has 3 rings (SSSR count). The summed E-state index contributed by atoms with van der Waals surface area (Å²) in [4.78, 5) is 64.4. The second kappa shape index (κ2) is 11.5. The van der Waals surface area contributed by atoms with Gasteiger partial charge in [0.25, 0.3) is 11.5 Å². The Balaban J connectivity index is 1.94. The summed E-state index contributed by atoms with van der Waals surface area (Å²) in [5, 5.41) is 2.43. The Morgan fingerprint density at radius 2 is 1.54 bits per heavy atom. The fourth-order valence-electron chi connectivity index (χ4n) is 3.41. The molecule has 0 aliphatic heterocycles. The number of aryl methyl sites for hydroxylation is 1. The maximum Gasteiger partial charge on any atom is 0.408 e. The van der Waals surface area contributed by atoms with Gasteiger partial charge in [0.05, 0.1) is 6.54 Å². The van der Waals surface area contributed by atoms with Crippen LogP contribution in [0, 0.1) is 6.92 Å². The van der Waals surface area contributed by atoms with Gasteiger partial charge >= 0.3 is 17.8 Å². The van der Waals surface area contributed by atoms with E-state index >= 15 is 0 Å². The molecule has 0 fully saturated rings. The van der Waals surface area contributed by atoms with E-state index in [2.05, 4.69) is 5.32 Å². The molecule has 0 unspecified atom stereocenters. The molecular weight excluding hydrogens is 478 g/mol. The molecule has 194 valence electrons. The minimum atomic E-state index is -1.35. The Morgan fingerprint density at radius 1 is 0.946 bits per heavy atom. The van der Waals surface area contributed by atoms with Crippen molar-refractivity contribution in [2.24, 2.45) is 0 Å². The average molecular weight is 508 g/mol. The van der Waals surface area contributed by atoms with Gasteiger partial charge in [-0.05, 0) is 45.4 Å². The van der Waals surface area contributed by atoms with Crippen LogP contribution in [0.25, 0.3) is 0 Å². The number of nitrogens with one attached hydrogen (secondary N) is 1. The van der Waals surface area contributed by atoms with Crippen LogP contribution in [-0.4, -0.2) is 38.7 Å². The third-order valence-electron chi connectivity index (χ3n) is 5.13. The molecule has 0 spiro atoms. The molecule has 0 aliphatic rings. The first-order valence-electron chi connectivity index (χ1n) is 11.6. The minimum Gasteiger partial charge on any atom is -0.459 e. The van der Waals surface area contributed by atoms with Crippen LogP contribution < -0.4 is 16.6 Å². The van der Waals surface area contributed by atoms with Crippen LogP contribution in [0.2, 0.25) is 0 Å². The van der Waals surface area contributed by atoms with E-state index in [4.69, 9.17) is 9.47 Å². The van der Waals surface area contributed by atoms with Crippen molar-refractivity contribution in [3.8, 4) is 0 Å². The molecule has 1 atom stereocenters. The van der Waals surface area contributed by atoms with E-state index in [0.29, 0.717) is 4.57 Å². The van der Waals surface area contributed by atoms with Crippen LogP contribution in [0.3, 0.4) is 0 Å². The van der Waals surface area contributed by atoms with Crippen LogP contribution in [0.4, 0.5) is 4.79 Å². The lowest BCUT2D eigenvalue weighted by molar-refractivity contribution is -0.148. The molecule has 1 heterocycles. The second-order valence-electron chi connectivity index (χ2n) is 9.35. The van der Waals surface area contributed by atoms with Crippen molar-refractivity contribution in [2.75, 3.05) is 0 Å². The van der Waals surface area contributed by atoms with Crippen molar-refractivity contribution in [3.05, 3.63) is 104 Å². The van der Waals surface area contributed by atoms with Gasteiger partial charge in [-0.25, -0.2) is 14.4 Å². The standard InChI is InChI=1S/C27H29N3O7/c1-18-15-29(26(35)30(22(18)31)23(32)20-13-9-6-10-14-20)16-21(28-25(34)37-27(2,3)4)24(33)36-17-19-11-7-5-8-12-19/h5-15,21H,16-17H2,1-4H3,(H,28,34)/t21-/m0/s1. The van der Waals surface area contributed by atoms with Crippen LogP contribution in [0.15, 0.2) is 76.4 Å². The van der Waals surface area contributed by atoms with Crippen molar-refractivity contribution >= 4 is 18.0 Å². The Morgan fingerprint density at radius 3 is 2.14 bits per heavy atom. The van der Waals surface area contributed by atoms with Crippen molar-refractivity contribution in [1.82, 2.24) is 14.5 Å². The average Bonchev–Trinajstić information content (AvgIpc) is 2.85. The number of rotatable bonds is 7. The van der Waals surface area contributed by atoms with Crippen LogP contribution in [0.1, 0.15) is 42.3 Å². The summed E-state index contributed by atoms with van der Waals surface area (Å²) in [6, 6.07) is 15.4. The number of benzene rings is 2. The molecule has 10 nitrogen and oxygen atoms in total. The third kappa shape index (κ3) is 7.26. The Bertz CT molecular complexity index is 1390. The smallest absolute Gasteiger partial charge is 0.408 e. The van der Waals surface area contributed by atoms with Crippen LogP contribution in [-0.2, 0) is 27.4 Å². The predicted octanol–water partition coefficient (Wildman–Crippen LogP) is 2.64. The van der Waals surface area contributed by atoms with E-state index in [1.807, 2.05) is 6.07 Å². The quantitative estimate of drug-likeness (QED) is 0.487. The van der Waals surface area contributed by atoms with Gasteiger partial charge in [-0.15, -0.1) is 0 Å². The molecular formula is C27H29N3O7. The van der Waals surface area contributed by atoms with Gasteiger partial charge in [0.15, 0.2) is 0 Å². The number of carbonyl (C=O) groups excluding carboxylic acids is 3. The third-order valence-corrected chi connectivity index (χ3v) is 5.13. The number of hydrogen-bond donors (Lipinski definition) is 1. The molecule has 0 saturated carbocycles. The summed E-state index contributed by atoms with van der Waals surface area (Å²) >= 11 is 0. The maximum absolute atomic E-state index is 13.2. The Kier molecular flexibility index (Phi) is 8.44. The lowest BCUT2D eigenvalue weighted by atomic mass is 10.2. The van der Waals surface area contributed by atoms with Crippen molar-refractivity contribution in [3.63, 3.8) is 0 Å². The summed E-state index contributed by atoms with van der Waals surface area (Å²) in [7, 11) is 0. The first-order valence-corrected chi connectivity index (χ1v) is 11.6. The normalized spacial score (nSPS) is 11.9. The number of aromatic nitrogens is 2. The van der Waals surface area contributed by atoms with Crippen molar-refractivity contribution in [1.29, 1.82) is 0 Å². The summed E-state index contributed by atoms with van der Waals surface area (Å²) in [5.74, 6) is -1.64. The van der Waals surface area contributed by atoms with Gasteiger partial charge in [-0.2, -0.15) is 4.57 Å². The second-order valence-corrected chi connectivity index (χ2v) is 9.35. The van der Waals surface area contributed by atoms with Gasteiger partial charge in [-0.1, -0.05) is 48.5 Å². The van der Waals surface area contributed by atoms with E-state index in [0.717, 1.165) is 10.1 Å². The van der Waals surface area contributed by atoms with Gasteiger partial charge in [0.1, 0.15) is 18.2 Å². The van der Waals surface area contributed by atoms with Gasteiger partial charge in [0, 0.05) is 17.3 Å². The fourth-order valence-corrected chi connectivity index (χ4v) is 3.41. The van der Waals surface area contributed by atoms with Gasteiger partial charge in [-0.3, -0.25) is 14.2 Å². The van der Waals surface area contributed by atoms with Crippen molar-refractivity contribution < 1.29 is 23.9 Å². The lowest BCUT2D eigenvalue weighted by Crippen LogP contribution is -2.50. The summed E-state index contributed by atoms with van der Waals surface area (Å²) in [5.41, 5.74) is -1.62. The van der Waals surface area contributed by atoms with Crippen molar-refractivity contribution in [2.45, 2.75) is 52.5 Å². The summed E-state index contributed by atoms with van der Waals surface area (Å²) < 4.78 is 12.2. The number of carbonyl (C=O) groups is 3. The van der Waals surface area contributed by atoms with Crippen LogP contribution in [0.5, 0.6) is 0 Å². The molecule has 1 aromatic heterocycles. The number of alkyl carbamates (subject to hydrolysis) is 1. The maximum atomic E-state index is 13.2. The number of nitrogens with zero attached hydrogens (tertiary/aromatic N) is 2. The van der Waals surface area contributed by atoms with E-state index in [1.54, 1.807) is 63.2 Å². The topological polar surface area (TPSA) is 126 Å². The molecule has 1 N–H and O–H groups in total. The van der Waals surface area contributed by atoms with E-state index < -0.39 is 47.4 Å². The molecule has 3 aromatic rings. The monoisotopic (exact) mass is 507 g/mol. The van der Waals surface area contributed by atoms with E-state index in [-0.39, 0.29) is 17.7 Å². The molecule has 2 aromatic carbocycles. The minimum absolute atomic E-state index is 0.0634. The summed E-state index contributed by atoms with van der Waals surface area (Å²) in [6.07, 6.45) is 0.334. The molecule has 10 heteroatoms. The van der Waals surface area contributed by atoms with Gasteiger partial charge in [0.2, 0.25) is 0 Å². The number of ether oxygens (including phenoxy) is 2. The SMILES string of the molecule is Cc1cn(C[C@H](NC(=O)OC(C)(C)C)C(=O)OCc2ccccc2)c(=O)n(C(=O)c2ccccc2)c1=O. The molecule has 0 bridgehead atoms. The Hall–Kier alpha value is -4.47. The highest BCUT2D eigenvalue weighted by Gasteiger charge is 2.28. The largest absolute Gasteiger partial charge is 0.459 e.